The molecule has 0 bridgehead atoms. The fourth-order valence-corrected chi connectivity index (χ4v) is 1.60. The van der Waals surface area contributed by atoms with Crippen molar-refractivity contribution in [3.63, 3.8) is 0 Å². The van der Waals surface area contributed by atoms with E-state index in [0.29, 0.717) is 12.6 Å². The molecule has 0 aliphatic heterocycles. The maximum absolute atomic E-state index is 5.58. The summed E-state index contributed by atoms with van der Waals surface area (Å²) in [6.45, 7) is 3.58. The van der Waals surface area contributed by atoms with Crippen LogP contribution in [0.5, 0.6) is 0 Å². The van der Waals surface area contributed by atoms with Crippen LogP contribution in [0.15, 0.2) is 12.3 Å². The summed E-state index contributed by atoms with van der Waals surface area (Å²) in [5.74, 6) is 0.970. The topological polar surface area (TPSA) is 55.0 Å². The number of hydrogen-bond donors (Lipinski definition) is 1. The molecule has 1 fully saturated rings. The molecule has 0 atom stereocenters. The van der Waals surface area contributed by atoms with Gasteiger partial charge in [-0.05, 0) is 31.4 Å². The van der Waals surface area contributed by atoms with Gasteiger partial charge in [-0.25, -0.2) is 0 Å². The highest BCUT2D eigenvalue weighted by Crippen LogP contribution is 2.29. The highest BCUT2D eigenvalue weighted by molar-refractivity contribution is 5.41. The third-order valence-corrected chi connectivity index (χ3v) is 2.43. The molecular weight excluding hydrogens is 176 g/mol. The quantitative estimate of drug-likeness (QED) is 0.763. The minimum absolute atomic E-state index is 0.648. The summed E-state index contributed by atoms with van der Waals surface area (Å²) in [6.07, 6.45) is 4.29. The van der Waals surface area contributed by atoms with Crippen LogP contribution in [0.2, 0.25) is 0 Å². The van der Waals surface area contributed by atoms with Gasteiger partial charge in [-0.2, -0.15) is 5.10 Å². The molecule has 1 saturated carbocycles. The van der Waals surface area contributed by atoms with Crippen LogP contribution < -0.4 is 10.6 Å². The third-order valence-electron chi connectivity index (χ3n) is 2.43. The van der Waals surface area contributed by atoms with Crippen LogP contribution in [0.4, 0.5) is 5.82 Å². The third kappa shape index (κ3) is 2.01. The number of anilines is 1. The molecule has 2 rings (SSSR count). The van der Waals surface area contributed by atoms with Crippen molar-refractivity contribution < 1.29 is 0 Å². The van der Waals surface area contributed by atoms with Crippen molar-refractivity contribution in [1.82, 2.24) is 10.2 Å². The Hall–Kier alpha value is -1.16. The summed E-state index contributed by atoms with van der Waals surface area (Å²) >= 11 is 0. The van der Waals surface area contributed by atoms with E-state index in [4.69, 9.17) is 5.73 Å². The van der Waals surface area contributed by atoms with Gasteiger partial charge in [-0.15, -0.1) is 5.10 Å². The fraction of sp³-hybridized carbons (Fsp3) is 0.600. The lowest BCUT2D eigenvalue weighted by atomic mass is 10.3. The summed E-state index contributed by atoms with van der Waals surface area (Å²) in [5, 5.41) is 8.11. The van der Waals surface area contributed by atoms with E-state index in [9.17, 15) is 0 Å². The second-order valence-corrected chi connectivity index (χ2v) is 3.80. The van der Waals surface area contributed by atoms with E-state index in [0.717, 1.165) is 17.9 Å². The Morgan fingerprint density at radius 1 is 1.57 bits per heavy atom. The van der Waals surface area contributed by atoms with Gasteiger partial charge in [0.2, 0.25) is 0 Å². The number of rotatable bonds is 4. The molecule has 4 heteroatoms. The fourth-order valence-electron chi connectivity index (χ4n) is 1.60. The van der Waals surface area contributed by atoms with E-state index < -0.39 is 0 Å². The first kappa shape index (κ1) is 9.40. The lowest BCUT2D eigenvalue weighted by Crippen LogP contribution is -2.32. The van der Waals surface area contributed by atoms with Crippen LogP contribution in [0.25, 0.3) is 0 Å². The first-order valence-electron chi connectivity index (χ1n) is 5.07. The average molecular weight is 192 g/mol. The molecule has 1 heterocycles. The van der Waals surface area contributed by atoms with Gasteiger partial charge < -0.3 is 10.6 Å². The number of nitrogens with zero attached hydrogens (tertiary/aromatic N) is 3. The summed E-state index contributed by atoms with van der Waals surface area (Å²) in [7, 11) is 0. The molecule has 1 aliphatic rings. The normalized spacial score (nSPS) is 15.6. The van der Waals surface area contributed by atoms with Gasteiger partial charge in [0.25, 0.3) is 0 Å². The highest BCUT2D eigenvalue weighted by atomic mass is 15.3. The maximum atomic E-state index is 5.58. The Bertz CT molecular complexity index is 309. The predicted molar refractivity (Wildman–Crippen MR) is 56.2 cm³/mol. The van der Waals surface area contributed by atoms with Gasteiger partial charge in [-0.1, -0.05) is 0 Å². The molecule has 14 heavy (non-hydrogen) atoms. The van der Waals surface area contributed by atoms with Crippen molar-refractivity contribution in [2.75, 3.05) is 18.0 Å². The van der Waals surface area contributed by atoms with E-state index in [1.54, 1.807) is 6.20 Å². The van der Waals surface area contributed by atoms with Gasteiger partial charge in [0, 0.05) is 19.1 Å². The molecule has 0 unspecified atom stereocenters. The number of aryl methyl sites for hydroxylation is 1. The molecule has 4 nitrogen and oxygen atoms in total. The van der Waals surface area contributed by atoms with E-state index in [1.807, 2.05) is 6.92 Å². The van der Waals surface area contributed by atoms with Crippen LogP contribution >= 0.6 is 0 Å². The van der Waals surface area contributed by atoms with Crippen LogP contribution in [0, 0.1) is 6.92 Å². The van der Waals surface area contributed by atoms with Crippen molar-refractivity contribution in [2.24, 2.45) is 5.73 Å². The van der Waals surface area contributed by atoms with Crippen molar-refractivity contribution >= 4 is 5.82 Å². The molecular formula is C10H16N4. The van der Waals surface area contributed by atoms with Gasteiger partial charge in [-0.3, -0.25) is 0 Å². The highest BCUT2D eigenvalue weighted by Gasteiger charge is 2.29. The van der Waals surface area contributed by atoms with Crippen molar-refractivity contribution in [3.05, 3.63) is 17.8 Å². The summed E-state index contributed by atoms with van der Waals surface area (Å²) < 4.78 is 0. The van der Waals surface area contributed by atoms with Gasteiger partial charge in [0.05, 0.1) is 6.20 Å². The SMILES string of the molecule is Cc1cnnc(N(CCN)C2CC2)c1. The maximum Gasteiger partial charge on any atom is 0.151 e. The van der Waals surface area contributed by atoms with E-state index in [1.165, 1.54) is 12.8 Å². The second-order valence-electron chi connectivity index (χ2n) is 3.80. The zero-order chi connectivity index (χ0) is 9.97. The van der Waals surface area contributed by atoms with Crippen molar-refractivity contribution in [3.8, 4) is 0 Å². The van der Waals surface area contributed by atoms with Crippen LogP contribution in [0.3, 0.4) is 0 Å². The van der Waals surface area contributed by atoms with E-state index >= 15 is 0 Å². The number of aromatic nitrogens is 2. The smallest absolute Gasteiger partial charge is 0.151 e. The molecule has 1 aromatic heterocycles. The monoisotopic (exact) mass is 192 g/mol. The van der Waals surface area contributed by atoms with Crippen LogP contribution in [-0.4, -0.2) is 29.3 Å². The Labute approximate surface area is 84.1 Å². The molecule has 0 radical (unpaired) electrons. The number of hydrogen-bond acceptors (Lipinski definition) is 4. The average Bonchev–Trinajstić information content (AvgIpc) is 2.97. The minimum atomic E-state index is 0.648. The Kier molecular flexibility index (Phi) is 2.63. The van der Waals surface area contributed by atoms with Crippen molar-refractivity contribution in [1.29, 1.82) is 0 Å². The first-order valence-corrected chi connectivity index (χ1v) is 5.07. The standard InChI is InChI=1S/C10H16N4/c1-8-6-10(13-12-7-8)14(5-4-11)9-2-3-9/h6-7,9H,2-5,11H2,1H3. The molecule has 0 aromatic carbocycles. The van der Waals surface area contributed by atoms with Gasteiger partial charge >= 0.3 is 0 Å². The molecule has 76 valence electrons. The summed E-state index contributed by atoms with van der Waals surface area (Å²) in [5.41, 5.74) is 6.73. The Balaban J connectivity index is 2.16. The second kappa shape index (κ2) is 3.92. The molecule has 0 amide bonds. The Morgan fingerprint density at radius 3 is 2.93 bits per heavy atom. The predicted octanol–water partition coefficient (Wildman–Crippen LogP) is 0.713. The van der Waals surface area contributed by atoms with E-state index in [-0.39, 0.29) is 0 Å². The molecule has 1 aliphatic carbocycles. The van der Waals surface area contributed by atoms with Crippen LogP contribution in [-0.2, 0) is 0 Å². The van der Waals surface area contributed by atoms with Crippen LogP contribution in [0.1, 0.15) is 18.4 Å². The zero-order valence-electron chi connectivity index (χ0n) is 8.48. The number of nitrogens with two attached hydrogens (primary N) is 1. The first-order chi connectivity index (χ1) is 6.81. The van der Waals surface area contributed by atoms with E-state index in [2.05, 4.69) is 21.2 Å². The molecule has 1 aromatic rings. The lowest BCUT2D eigenvalue weighted by molar-refractivity contribution is 0.758. The zero-order valence-corrected chi connectivity index (χ0v) is 8.48. The summed E-state index contributed by atoms with van der Waals surface area (Å²) in [6, 6.07) is 2.72. The molecule has 0 saturated heterocycles. The minimum Gasteiger partial charge on any atom is -0.351 e. The molecule has 0 spiro atoms. The molecule has 2 N–H and O–H groups in total. The van der Waals surface area contributed by atoms with Crippen molar-refractivity contribution in [2.45, 2.75) is 25.8 Å². The lowest BCUT2D eigenvalue weighted by Gasteiger charge is -2.22. The summed E-state index contributed by atoms with van der Waals surface area (Å²) in [4.78, 5) is 2.26. The van der Waals surface area contributed by atoms with Gasteiger partial charge in [0.15, 0.2) is 5.82 Å². The Morgan fingerprint density at radius 2 is 2.36 bits per heavy atom. The largest absolute Gasteiger partial charge is 0.351 e. The van der Waals surface area contributed by atoms with Gasteiger partial charge in [0.1, 0.15) is 0 Å².